The largest absolute Gasteiger partial charge is 0.756 e. The Hall–Kier alpha value is -1.28. The number of carbonyl (C=O) groups is 1. The van der Waals surface area contributed by atoms with E-state index in [1.807, 2.05) is 27.2 Å². The molecule has 3 atom stereocenters. The summed E-state index contributed by atoms with van der Waals surface area (Å²) in [4.78, 5) is 25.7. The molecule has 0 heterocycles. The average Bonchev–Trinajstić information content (AvgIpc) is 3.68. The number of aliphatic hydroxyl groups is 1. The SMILES string of the molecule is CCCCCCCCCCCCCCCCCCCCCCCC/C=C/CC/C=C/CC/C=C/C(O)C(COP(=O)([O-])OCC[N+](C)(C)C)NC(=O)CCCCCCCCCCCCCCCCCCCCCCCCCCCCCCCCCCCCCCC. The van der Waals surface area contributed by atoms with Crippen molar-refractivity contribution >= 4 is 13.7 Å². The topological polar surface area (TPSA) is 108 Å². The smallest absolute Gasteiger partial charge is 0.268 e. The van der Waals surface area contributed by atoms with E-state index in [2.05, 4.69) is 43.5 Å². The minimum absolute atomic E-state index is 0.00691. The number of unbranched alkanes of at least 4 members (excludes halogenated alkanes) is 60. The predicted molar refractivity (Wildman–Crippen MR) is 399 cm³/mol. The molecule has 0 aliphatic heterocycles. The quantitative estimate of drug-likeness (QED) is 0.0272. The summed E-state index contributed by atoms with van der Waals surface area (Å²) in [6.07, 6.45) is 99.1. The van der Waals surface area contributed by atoms with Crippen LogP contribution in [-0.2, 0) is 18.4 Å². The molecule has 0 aliphatic carbocycles. The van der Waals surface area contributed by atoms with Gasteiger partial charge in [-0.25, -0.2) is 0 Å². The van der Waals surface area contributed by atoms with Crippen molar-refractivity contribution in [3.8, 4) is 0 Å². The Kier molecular flexibility index (Phi) is 72.0. The first-order chi connectivity index (χ1) is 44.5. The number of hydrogen-bond donors (Lipinski definition) is 2. The molecule has 8 nitrogen and oxygen atoms in total. The van der Waals surface area contributed by atoms with Crippen LogP contribution in [0.4, 0.5) is 0 Å². The van der Waals surface area contributed by atoms with Gasteiger partial charge in [0.2, 0.25) is 5.91 Å². The number of rotatable bonds is 77. The predicted octanol–water partition coefficient (Wildman–Crippen LogP) is 26.1. The molecular formula is C82H161N2O6P. The summed E-state index contributed by atoms with van der Waals surface area (Å²) < 4.78 is 23.5. The maximum atomic E-state index is 13.1. The van der Waals surface area contributed by atoms with Crippen LogP contribution in [0, 0.1) is 0 Å². The second kappa shape index (κ2) is 73.0. The number of amides is 1. The molecule has 0 aromatic rings. The van der Waals surface area contributed by atoms with Gasteiger partial charge in [-0.05, 0) is 44.9 Å². The molecule has 0 bridgehead atoms. The highest BCUT2D eigenvalue weighted by Crippen LogP contribution is 2.38. The van der Waals surface area contributed by atoms with Gasteiger partial charge in [0, 0.05) is 6.42 Å². The van der Waals surface area contributed by atoms with Crippen LogP contribution < -0.4 is 10.2 Å². The van der Waals surface area contributed by atoms with Crippen molar-refractivity contribution < 1.29 is 32.9 Å². The Morgan fingerprint density at radius 2 is 0.615 bits per heavy atom. The third-order valence-electron chi connectivity index (χ3n) is 19.1. The molecule has 0 aromatic carbocycles. The van der Waals surface area contributed by atoms with Crippen molar-refractivity contribution in [1.29, 1.82) is 0 Å². The number of phosphoric acid groups is 1. The average molecular weight is 1300 g/mol. The maximum Gasteiger partial charge on any atom is 0.268 e. The minimum Gasteiger partial charge on any atom is -0.756 e. The Labute approximate surface area is 569 Å². The van der Waals surface area contributed by atoms with Crippen LogP contribution in [0.2, 0.25) is 0 Å². The lowest BCUT2D eigenvalue weighted by Gasteiger charge is -2.29. The van der Waals surface area contributed by atoms with Crippen LogP contribution in [0.25, 0.3) is 0 Å². The Morgan fingerprint density at radius 1 is 0.374 bits per heavy atom. The van der Waals surface area contributed by atoms with Crippen molar-refractivity contribution in [3.63, 3.8) is 0 Å². The zero-order valence-electron chi connectivity index (χ0n) is 62.1. The first-order valence-corrected chi connectivity index (χ1v) is 42.3. The number of carbonyl (C=O) groups excluding carboxylic acids is 1. The van der Waals surface area contributed by atoms with E-state index >= 15 is 0 Å². The molecule has 91 heavy (non-hydrogen) atoms. The van der Waals surface area contributed by atoms with Crippen molar-refractivity contribution in [2.45, 2.75) is 443 Å². The summed E-state index contributed by atoms with van der Waals surface area (Å²) in [7, 11) is 1.26. The number of quaternary nitrogens is 1. The van der Waals surface area contributed by atoms with E-state index in [0.29, 0.717) is 17.4 Å². The van der Waals surface area contributed by atoms with E-state index in [1.165, 1.54) is 366 Å². The summed E-state index contributed by atoms with van der Waals surface area (Å²) in [5.41, 5.74) is 0. The molecule has 3 unspecified atom stereocenters. The number of allylic oxidation sites excluding steroid dienone is 5. The van der Waals surface area contributed by atoms with Gasteiger partial charge in [0.25, 0.3) is 7.82 Å². The van der Waals surface area contributed by atoms with Gasteiger partial charge in [0.05, 0.1) is 39.9 Å². The lowest BCUT2D eigenvalue weighted by atomic mass is 10.0. The van der Waals surface area contributed by atoms with Crippen LogP contribution in [0.5, 0.6) is 0 Å². The summed E-state index contributed by atoms with van der Waals surface area (Å²) in [5, 5.41) is 14.0. The second-order valence-electron chi connectivity index (χ2n) is 29.5. The highest BCUT2D eigenvalue weighted by atomic mass is 31.2. The Balaban J connectivity index is 3.97. The van der Waals surface area contributed by atoms with Crippen molar-refractivity contribution in [2.75, 3.05) is 40.9 Å². The molecular weight excluding hydrogens is 1140 g/mol. The van der Waals surface area contributed by atoms with Crippen molar-refractivity contribution in [3.05, 3.63) is 36.5 Å². The van der Waals surface area contributed by atoms with E-state index in [0.717, 1.165) is 44.9 Å². The van der Waals surface area contributed by atoms with Crippen LogP contribution in [0.1, 0.15) is 431 Å². The third-order valence-corrected chi connectivity index (χ3v) is 20.0. The lowest BCUT2D eigenvalue weighted by molar-refractivity contribution is -0.870. The van der Waals surface area contributed by atoms with E-state index in [-0.39, 0.29) is 12.5 Å². The number of phosphoric ester groups is 1. The Morgan fingerprint density at radius 3 is 0.890 bits per heavy atom. The number of aliphatic hydroxyl groups excluding tert-OH is 1. The molecule has 0 aliphatic rings. The van der Waals surface area contributed by atoms with Gasteiger partial charge in [-0.15, -0.1) is 0 Å². The molecule has 0 saturated heterocycles. The molecule has 0 rings (SSSR count). The first kappa shape index (κ1) is 89.7. The normalized spacial score (nSPS) is 13.6. The highest BCUT2D eigenvalue weighted by Gasteiger charge is 2.23. The third kappa shape index (κ3) is 76.0. The molecule has 1 amide bonds. The number of likely N-dealkylation sites (N-methyl/N-ethyl adjacent to an activating group) is 1. The highest BCUT2D eigenvalue weighted by molar-refractivity contribution is 7.45. The fraction of sp³-hybridized carbons (Fsp3) is 0.915. The summed E-state index contributed by atoms with van der Waals surface area (Å²) in [6.45, 7) is 4.69. The molecule has 0 radical (unpaired) electrons. The first-order valence-electron chi connectivity index (χ1n) is 40.9. The number of hydrogen-bond acceptors (Lipinski definition) is 6. The fourth-order valence-corrected chi connectivity index (χ4v) is 13.5. The van der Waals surface area contributed by atoms with Crippen molar-refractivity contribution in [2.24, 2.45) is 0 Å². The molecule has 540 valence electrons. The zero-order valence-corrected chi connectivity index (χ0v) is 63.0. The van der Waals surface area contributed by atoms with Gasteiger partial charge in [-0.1, -0.05) is 416 Å². The van der Waals surface area contributed by atoms with E-state index in [9.17, 15) is 19.4 Å². The van der Waals surface area contributed by atoms with Crippen molar-refractivity contribution in [1.82, 2.24) is 5.32 Å². The summed E-state index contributed by atoms with van der Waals surface area (Å²) in [6, 6.07) is -0.911. The molecule has 0 aromatic heterocycles. The molecule has 2 N–H and O–H groups in total. The number of nitrogens with zero attached hydrogens (tertiary/aromatic N) is 1. The maximum absolute atomic E-state index is 13.1. The van der Waals surface area contributed by atoms with E-state index in [1.54, 1.807) is 6.08 Å². The number of nitrogens with one attached hydrogen (secondary N) is 1. The standard InChI is InChI=1S/C82H161N2O6P/c1-6-8-10-12-14-16-18-20-22-24-26-28-30-32-34-36-38-40-41-42-43-44-46-48-50-52-54-56-58-60-62-64-66-68-70-72-74-76-82(86)83-80(79-90-91(87,88)89-78-77-84(3,4)5)81(85)75-73-71-69-67-65-63-61-59-57-55-53-51-49-47-45-39-37-35-33-31-29-27-25-23-21-19-17-15-13-11-9-7-2/h57,59,65,67,73,75,80-81,85H,6-56,58,60-64,66,68-72,74,76-79H2,1-5H3,(H-,83,86,87,88)/b59-57+,67-65+,75-73+. The van der Waals surface area contributed by atoms with Gasteiger partial charge in [0.1, 0.15) is 13.2 Å². The van der Waals surface area contributed by atoms with Crippen LogP contribution in [-0.4, -0.2) is 68.5 Å². The van der Waals surface area contributed by atoms with Crippen LogP contribution in [0.15, 0.2) is 36.5 Å². The van der Waals surface area contributed by atoms with E-state index < -0.39 is 26.6 Å². The van der Waals surface area contributed by atoms with Gasteiger partial charge < -0.3 is 28.8 Å². The van der Waals surface area contributed by atoms with Crippen LogP contribution in [0.3, 0.4) is 0 Å². The molecule has 0 saturated carbocycles. The minimum atomic E-state index is -4.62. The Bertz CT molecular complexity index is 1580. The van der Waals surface area contributed by atoms with Gasteiger partial charge in [-0.3, -0.25) is 9.36 Å². The molecule has 9 heteroatoms. The summed E-state index contributed by atoms with van der Waals surface area (Å²) >= 11 is 0. The zero-order chi connectivity index (χ0) is 66.2. The van der Waals surface area contributed by atoms with Gasteiger partial charge in [0.15, 0.2) is 0 Å². The van der Waals surface area contributed by atoms with E-state index in [4.69, 9.17) is 9.05 Å². The molecule has 0 fully saturated rings. The monoisotopic (exact) mass is 1300 g/mol. The summed E-state index contributed by atoms with van der Waals surface area (Å²) in [5.74, 6) is -0.202. The second-order valence-corrected chi connectivity index (χ2v) is 30.9. The van der Waals surface area contributed by atoms with Crippen LogP contribution >= 0.6 is 7.82 Å². The fourth-order valence-electron chi connectivity index (χ4n) is 12.8. The lowest BCUT2D eigenvalue weighted by Crippen LogP contribution is -2.45. The van der Waals surface area contributed by atoms with Gasteiger partial charge in [-0.2, -0.15) is 0 Å². The van der Waals surface area contributed by atoms with Gasteiger partial charge >= 0.3 is 0 Å². The molecule has 0 spiro atoms.